The zero-order chi connectivity index (χ0) is 10.7. The molecule has 1 aromatic rings. The molecule has 1 heterocycles. The first-order valence-corrected chi connectivity index (χ1v) is 4.97. The number of alkyl halides is 1. The van der Waals surface area contributed by atoms with E-state index in [1.165, 1.54) is 4.90 Å². The number of rotatable bonds is 3. The maximum atomic E-state index is 11.3. The van der Waals surface area contributed by atoms with Crippen LogP contribution in [0.4, 0.5) is 5.82 Å². The first kappa shape index (κ1) is 11.0. The van der Waals surface area contributed by atoms with Crippen molar-refractivity contribution in [2.75, 3.05) is 17.8 Å². The molecule has 0 radical (unpaired) electrons. The lowest BCUT2D eigenvalue weighted by molar-refractivity contribution is -0.116. The van der Waals surface area contributed by atoms with Gasteiger partial charge in [-0.1, -0.05) is 0 Å². The van der Waals surface area contributed by atoms with Gasteiger partial charge in [-0.25, -0.2) is 4.68 Å². The van der Waals surface area contributed by atoms with Crippen LogP contribution in [-0.4, -0.2) is 28.6 Å². The molecule has 0 aliphatic heterocycles. The summed E-state index contributed by atoms with van der Waals surface area (Å²) >= 11 is 5.47. The van der Waals surface area contributed by atoms with Crippen LogP contribution < -0.4 is 4.90 Å². The first-order valence-electron chi connectivity index (χ1n) is 4.44. The number of nitrogens with zero attached hydrogens (tertiary/aromatic N) is 3. The van der Waals surface area contributed by atoms with E-state index in [2.05, 4.69) is 5.10 Å². The standard InChI is InChI=1S/C9H14ClN3O/c1-7(2)13-8(4-5-11-13)12(3)9(14)6-10/h4-5,7H,6H2,1-3H3. The van der Waals surface area contributed by atoms with Gasteiger partial charge in [-0.3, -0.25) is 9.69 Å². The molecular weight excluding hydrogens is 202 g/mol. The highest BCUT2D eigenvalue weighted by Gasteiger charge is 2.15. The normalized spacial score (nSPS) is 10.6. The molecule has 0 saturated heterocycles. The quantitative estimate of drug-likeness (QED) is 0.720. The van der Waals surface area contributed by atoms with Crippen molar-refractivity contribution < 1.29 is 4.79 Å². The monoisotopic (exact) mass is 215 g/mol. The van der Waals surface area contributed by atoms with Gasteiger partial charge >= 0.3 is 0 Å². The Balaban J connectivity index is 2.94. The molecule has 78 valence electrons. The Labute approximate surface area is 88.5 Å². The number of carbonyl (C=O) groups is 1. The molecule has 0 fully saturated rings. The number of aromatic nitrogens is 2. The number of halogens is 1. The highest BCUT2D eigenvalue weighted by Crippen LogP contribution is 2.17. The van der Waals surface area contributed by atoms with Crippen molar-refractivity contribution in [1.82, 2.24) is 9.78 Å². The molecule has 0 aliphatic rings. The zero-order valence-electron chi connectivity index (χ0n) is 8.57. The minimum atomic E-state index is -0.130. The molecular formula is C9H14ClN3O. The van der Waals surface area contributed by atoms with E-state index in [0.717, 1.165) is 5.82 Å². The van der Waals surface area contributed by atoms with Crippen LogP contribution in [0.15, 0.2) is 12.3 Å². The molecule has 0 bridgehead atoms. The largest absolute Gasteiger partial charge is 0.299 e. The average molecular weight is 216 g/mol. The second-order valence-corrected chi connectivity index (χ2v) is 3.58. The van der Waals surface area contributed by atoms with Gasteiger partial charge in [0.05, 0.1) is 6.20 Å². The van der Waals surface area contributed by atoms with Crippen molar-refractivity contribution in [3.8, 4) is 0 Å². The van der Waals surface area contributed by atoms with E-state index in [1.54, 1.807) is 24.0 Å². The Morgan fingerprint density at radius 2 is 2.36 bits per heavy atom. The van der Waals surface area contributed by atoms with Gasteiger partial charge in [0, 0.05) is 19.2 Å². The van der Waals surface area contributed by atoms with Crippen molar-refractivity contribution >= 4 is 23.3 Å². The smallest absolute Gasteiger partial charge is 0.242 e. The molecule has 0 saturated carbocycles. The summed E-state index contributed by atoms with van der Waals surface area (Å²) in [4.78, 5) is 12.9. The van der Waals surface area contributed by atoms with Gasteiger partial charge in [0.25, 0.3) is 0 Å². The van der Waals surface area contributed by atoms with Crippen LogP contribution >= 0.6 is 11.6 Å². The molecule has 0 N–H and O–H groups in total. The third-order valence-corrected chi connectivity index (χ3v) is 2.20. The molecule has 0 spiro atoms. The van der Waals surface area contributed by atoms with Crippen LogP contribution in [0, 0.1) is 0 Å². The van der Waals surface area contributed by atoms with E-state index in [0.29, 0.717) is 0 Å². The Kier molecular flexibility index (Phi) is 3.52. The minimum Gasteiger partial charge on any atom is -0.299 e. The molecule has 4 nitrogen and oxygen atoms in total. The SMILES string of the molecule is CC(C)n1nccc1N(C)C(=O)CCl. The van der Waals surface area contributed by atoms with Gasteiger partial charge in [-0.05, 0) is 13.8 Å². The summed E-state index contributed by atoms with van der Waals surface area (Å²) in [5, 5.41) is 4.13. The number of amides is 1. The minimum absolute atomic E-state index is 0.0141. The summed E-state index contributed by atoms with van der Waals surface area (Å²) in [6.07, 6.45) is 1.67. The third-order valence-electron chi connectivity index (χ3n) is 1.97. The lowest BCUT2D eigenvalue weighted by Gasteiger charge is -2.19. The van der Waals surface area contributed by atoms with Crippen molar-refractivity contribution in [2.24, 2.45) is 0 Å². The van der Waals surface area contributed by atoms with Gasteiger partial charge in [-0.2, -0.15) is 5.10 Å². The first-order chi connectivity index (χ1) is 6.57. The van der Waals surface area contributed by atoms with Crippen molar-refractivity contribution in [3.63, 3.8) is 0 Å². The summed E-state index contributed by atoms with van der Waals surface area (Å²) in [6.45, 7) is 4.02. The van der Waals surface area contributed by atoms with E-state index >= 15 is 0 Å². The Morgan fingerprint density at radius 3 is 2.86 bits per heavy atom. The predicted molar refractivity (Wildman–Crippen MR) is 56.7 cm³/mol. The number of hydrogen-bond donors (Lipinski definition) is 0. The van der Waals surface area contributed by atoms with Crippen LogP contribution in [0.5, 0.6) is 0 Å². The molecule has 1 aromatic heterocycles. The van der Waals surface area contributed by atoms with Gasteiger partial charge in [0.2, 0.25) is 5.91 Å². The fraction of sp³-hybridized carbons (Fsp3) is 0.556. The maximum Gasteiger partial charge on any atom is 0.242 e. The predicted octanol–water partition coefficient (Wildman–Crippen LogP) is 1.67. The van der Waals surface area contributed by atoms with E-state index < -0.39 is 0 Å². The van der Waals surface area contributed by atoms with E-state index in [-0.39, 0.29) is 17.8 Å². The highest BCUT2D eigenvalue weighted by atomic mass is 35.5. The molecule has 14 heavy (non-hydrogen) atoms. The van der Waals surface area contributed by atoms with E-state index in [4.69, 9.17) is 11.6 Å². The van der Waals surface area contributed by atoms with Crippen LogP contribution in [-0.2, 0) is 4.79 Å². The second kappa shape index (κ2) is 4.46. The summed E-state index contributed by atoms with van der Waals surface area (Å²) < 4.78 is 1.78. The fourth-order valence-corrected chi connectivity index (χ4v) is 1.37. The lowest BCUT2D eigenvalue weighted by atomic mass is 10.4. The van der Waals surface area contributed by atoms with Crippen LogP contribution in [0.25, 0.3) is 0 Å². The van der Waals surface area contributed by atoms with E-state index in [1.807, 2.05) is 13.8 Å². The van der Waals surface area contributed by atoms with Crippen molar-refractivity contribution in [1.29, 1.82) is 0 Å². The number of carbonyl (C=O) groups excluding carboxylic acids is 1. The highest BCUT2D eigenvalue weighted by molar-refractivity contribution is 6.29. The topological polar surface area (TPSA) is 38.1 Å². The van der Waals surface area contributed by atoms with E-state index in [9.17, 15) is 4.79 Å². The molecule has 0 aliphatic carbocycles. The molecule has 0 aromatic carbocycles. The molecule has 5 heteroatoms. The lowest BCUT2D eigenvalue weighted by Crippen LogP contribution is -2.29. The van der Waals surface area contributed by atoms with Gasteiger partial charge in [0.1, 0.15) is 11.7 Å². The summed E-state index contributed by atoms with van der Waals surface area (Å²) in [7, 11) is 1.70. The molecule has 1 rings (SSSR count). The maximum absolute atomic E-state index is 11.3. The Morgan fingerprint density at radius 1 is 1.71 bits per heavy atom. The summed E-state index contributed by atoms with van der Waals surface area (Å²) in [6, 6.07) is 2.02. The molecule has 0 unspecified atom stereocenters. The van der Waals surface area contributed by atoms with Gasteiger partial charge in [-0.15, -0.1) is 11.6 Å². The Hall–Kier alpha value is -1.03. The Bertz CT molecular complexity index is 322. The van der Waals surface area contributed by atoms with Gasteiger partial charge in [0.15, 0.2) is 0 Å². The van der Waals surface area contributed by atoms with Crippen LogP contribution in [0.1, 0.15) is 19.9 Å². The number of hydrogen-bond acceptors (Lipinski definition) is 2. The summed E-state index contributed by atoms with van der Waals surface area (Å²) in [5.41, 5.74) is 0. The van der Waals surface area contributed by atoms with Crippen molar-refractivity contribution in [2.45, 2.75) is 19.9 Å². The fourth-order valence-electron chi connectivity index (χ4n) is 1.19. The van der Waals surface area contributed by atoms with Gasteiger partial charge < -0.3 is 0 Å². The van der Waals surface area contributed by atoms with Crippen LogP contribution in [0.3, 0.4) is 0 Å². The molecule has 1 amide bonds. The average Bonchev–Trinajstić information content (AvgIpc) is 2.63. The van der Waals surface area contributed by atoms with Crippen molar-refractivity contribution in [3.05, 3.63) is 12.3 Å². The molecule has 0 atom stereocenters. The number of anilines is 1. The third kappa shape index (κ3) is 2.07. The second-order valence-electron chi connectivity index (χ2n) is 3.31. The van der Waals surface area contributed by atoms with Crippen LogP contribution in [0.2, 0.25) is 0 Å². The zero-order valence-corrected chi connectivity index (χ0v) is 9.32. The summed E-state index contributed by atoms with van der Waals surface area (Å²) in [5.74, 6) is 0.625.